The van der Waals surface area contributed by atoms with E-state index in [9.17, 15) is 13.2 Å². The fraction of sp³-hybridized carbons (Fsp3) is 0.364. The van der Waals surface area contributed by atoms with Crippen LogP contribution in [0.3, 0.4) is 0 Å². The van der Waals surface area contributed by atoms with Gasteiger partial charge in [0.15, 0.2) is 15.8 Å². The highest BCUT2D eigenvalue weighted by Gasteiger charge is 2.24. The summed E-state index contributed by atoms with van der Waals surface area (Å²) in [6, 6.07) is 14.5. The molecule has 0 radical (unpaired) electrons. The number of guanidine groups is 1. The van der Waals surface area contributed by atoms with E-state index in [1.165, 1.54) is 6.07 Å². The van der Waals surface area contributed by atoms with Crippen LogP contribution in [-0.2, 0) is 16.3 Å². The number of hydrogen-bond donors (Lipinski definition) is 2. The van der Waals surface area contributed by atoms with Gasteiger partial charge in [-0.1, -0.05) is 30.3 Å². The van der Waals surface area contributed by atoms with Crippen molar-refractivity contribution >= 4 is 27.4 Å². The molecule has 0 aliphatic carbocycles. The largest absolute Gasteiger partial charge is 0.370 e. The molecule has 1 amide bonds. The molecular weight excluding hydrogens is 400 g/mol. The number of nitrogens with two attached hydrogens (primary N) is 2. The Hall–Kier alpha value is -2.87. The van der Waals surface area contributed by atoms with Crippen LogP contribution in [0.5, 0.6) is 0 Å². The molecule has 3 rings (SSSR count). The van der Waals surface area contributed by atoms with Gasteiger partial charge >= 0.3 is 0 Å². The molecule has 0 aromatic heterocycles. The fourth-order valence-electron chi connectivity index (χ4n) is 3.70. The van der Waals surface area contributed by atoms with Gasteiger partial charge in [-0.15, -0.1) is 0 Å². The maximum absolute atomic E-state index is 13.3. The lowest BCUT2D eigenvalue weighted by Gasteiger charge is -2.30. The molecule has 1 fully saturated rings. The molecule has 30 heavy (non-hydrogen) atoms. The summed E-state index contributed by atoms with van der Waals surface area (Å²) in [5.41, 5.74) is 12.5. The number of nitrogens with zero attached hydrogens (tertiary/aromatic N) is 2. The highest BCUT2D eigenvalue weighted by Crippen LogP contribution is 2.30. The van der Waals surface area contributed by atoms with Crippen LogP contribution < -0.4 is 16.4 Å². The summed E-state index contributed by atoms with van der Waals surface area (Å²) in [5.74, 6) is -1.00. The highest BCUT2D eigenvalue weighted by atomic mass is 32.2. The molecule has 1 heterocycles. The van der Waals surface area contributed by atoms with Gasteiger partial charge in [0.2, 0.25) is 0 Å². The van der Waals surface area contributed by atoms with Gasteiger partial charge in [-0.2, -0.15) is 4.99 Å². The first-order valence-electron chi connectivity index (χ1n) is 10.2. The fourth-order valence-corrected chi connectivity index (χ4v) is 5.26. The molecule has 160 valence electrons. The number of rotatable bonds is 7. The van der Waals surface area contributed by atoms with Crippen molar-refractivity contribution in [3.63, 3.8) is 0 Å². The van der Waals surface area contributed by atoms with Crippen molar-refractivity contribution in [2.75, 3.05) is 23.7 Å². The second-order valence-electron chi connectivity index (χ2n) is 7.48. The third-order valence-electron chi connectivity index (χ3n) is 5.19. The molecule has 1 saturated heterocycles. The third-order valence-corrected chi connectivity index (χ3v) is 7.01. The average Bonchev–Trinajstić information content (AvgIpc) is 2.74. The molecule has 4 N–H and O–H groups in total. The Morgan fingerprint density at radius 3 is 2.37 bits per heavy atom. The first kappa shape index (κ1) is 21.8. The van der Waals surface area contributed by atoms with Crippen LogP contribution in [0.25, 0.3) is 0 Å². The van der Waals surface area contributed by atoms with E-state index in [2.05, 4.69) is 9.89 Å². The Morgan fingerprint density at radius 1 is 1.00 bits per heavy atom. The van der Waals surface area contributed by atoms with E-state index < -0.39 is 15.7 Å². The van der Waals surface area contributed by atoms with Crippen molar-refractivity contribution in [3.05, 3.63) is 59.7 Å². The van der Waals surface area contributed by atoms with Crippen LogP contribution >= 0.6 is 0 Å². The van der Waals surface area contributed by atoms with Crippen LogP contribution in [-0.4, -0.2) is 39.1 Å². The normalized spacial score (nSPS) is 14.3. The molecule has 0 unspecified atom stereocenters. The molecule has 0 bridgehead atoms. The van der Waals surface area contributed by atoms with Crippen molar-refractivity contribution in [1.82, 2.24) is 0 Å². The van der Waals surface area contributed by atoms with Crippen LogP contribution in [0.1, 0.15) is 41.6 Å². The maximum atomic E-state index is 13.3. The van der Waals surface area contributed by atoms with E-state index >= 15 is 0 Å². The van der Waals surface area contributed by atoms with E-state index in [-0.39, 0.29) is 22.2 Å². The number of carbonyl (C=O) groups excluding carboxylic acids is 1. The Kier molecular flexibility index (Phi) is 7.10. The molecule has 0 saturated carbocycles. The number of aryl methyl sites for hydroxylation is 1. The Balaban J connectivity index is 1.89. The van der Waals surface area contributed by atoms with E-state index in [0.29, 0.717) is 18.5 Å². The molecule has 1 aliphatic heterocycles. The molecule has 1 aliphatic rings. The van der Waals surface area contributed by atoms with Gasteiger partial charge in [0.05, 0.1) is 16.3 Å². The Bertz CT molecular complexity index is 1010. The second kappa shape index (κ2) is 9.75. The van der Waals surface area contributed by atoms with Crippen LogP contribution in [0.15, 0.2) is 58.4 Å². The summed E-state index contributed by atoms with van der Waals surface area (Å²) < 4.78 is 26.5. The summed E-state index contributed by atoms with van der Waals surface area (Å²) in [6.07, 6.45) is 4.34. The highest BCUT2D eigenvalue weighted by molar-refractivity contribution is 7.91. The zero-order chi connectivity index (χ0) is 21.6. The number of sulfone groups is 1. The standard InChI is InChI=1S/C22H28N4O3S/c23-22(24)25-21(27)18-11-12-19(26-13-5-2-6-14-26)20(16-18)30(28,29)15-7-10-17-8-3-1-4-9-17/h1,3-4,8-9,11-12,16H,2,5-7,10,13-15H2,(H4,23,24,25,27). The zero-order valence-electron chi connectivity index (χ0n) is 17.0. The summed E-state index contributed by atoms with van der Waals surface area (Å²) in [5, 5.41) is 0. The molecule has 8 heteroatoms. The monoisotopic (exact) mass is 428 g/mol. The predicted molar refractivity (Wildman–Crippen MR) is 119 cm³/mol. The molecule has 0 atom stereocenters. The number of piperidine rings is 1. The van der Waals surface area contributed by atoms with Crippen molar-refractivity contribution in [3.8, 4) is 0 Å². The van der Waals surface area contributed by atoms with E-state index in [0.717, 1.165) is 37.9 Å². The topological polar surface area (TPSA) is 119 Å². The number of benzene rings is 2. The number of aliphatic imine (C=N–C) groups is 1. The quantitative estimate of drug-likeness (QED) is 0.517. The molecule has 2 aromatic rings. The minimum absolute atomic E-state index is 0.00265. The maximum Gasteiger partial charge on any atom is 0.280 e. The van der Waals surface area contributed by atoms with Gasteiger partial charge in [0, 0.05) is 18.7 Å². The van der Waals surface area contributed by atoms with Gasteiger partial charge in [-0.25, -0.2) is 8.42 Å². The van der Waals surface area contributed by atoms with Gasteiger partial charge in [0.1, 0.15) is 0 Å². The van der Waals surface area contributed by atoms with Crippen molar-refractivity contribution in [2.24, 2.45) is 16.5 Å². The Morgan fingerprint density at radius 2 is 1.70 bits per heavy atom. The lowest BCUT2D eigenvalue weighted by Crippen LogP contribution is -2.31. The minimum Gasteiger partial charge on any atom is -0.370 e. The summed E-state index contributed by atoms with van der Waals surface area (Å²) in [4.78, 5) is 18.1. The summed E-state index contributed by atoms with van der Waals surface area (Å²) >= 11 is 0. The molecule has 2 aromatic carbocycles. The minimum atomic E-state index is -3.60. The first-order chi connectivity index (χ1) is 14.4. The van der Waals surface area contributed by atoms with E-state index in [1.54, 1.807) is 12.1 Å². The lowest BCUT2D eigenvalue weighted by atomic mass is 10.1. The van der Waals surface area contributed by atoms with Crippen molar-refractivity contribution < 1.29 is 13.2 Å². The third kappa shape index (κ3) is 5.60. The molecule has 0 spiro atoms. The smallest absolute Gasteiger partial charge is 0.280 e. The predicted octanol–water partition coefficient (Wildman–Crippen LogP) is 2.50. The molecular formula is C22H28N4O3S. The van der Waals surface area contributed by atoms with Gasteiger partial charge in [-0.05, 0) is 55.9 Å². The molecule has 7 nitrogen and oxygen atoms in total. The number of carbonyl (C=O) groups is 1. The zero-order valence-corrected chi connectivity index (χ0v) is 17.8. The van der Waals surface area contributed by atoms with E-state index in [1.807, 2.05) is 30.3 Å². The summed E-state index contributed by atoms with van der Waals surface area (Å²) in [6.45, 7) is 1.60. The first-order valence-corrected chi connectivity index (χ1v) is 11.8. The van der Waals surface area contributed by atoms with Crippen molar-refractivity contribution in [1.29, 1.82) is 0 Å². The second-order valence-corrected chi connectivity index (χ2v) is 9.56. The lowest BCUT2D eigenvalue weighted by molar-refractivity contribution is 0.100. The van der Waals surface area contributed by atoms with Gasteiger partial charge in [-0.3, -0.25) is 4.79 Å². The Labute approximate surface area is 177 Å². The van der Waals surface area contributed by atoms with Crippen LogP contribution in [0, 0.1) is 0 Å². The number of hydrogen-bond acceptors (Lipinski definition) is 4. The van der Waals surface area contributed by atoms with E-state index in [4.69, 9.17) is 11.5 Å². The van der Waals surface area contributed by atoms with Crippen molar-refractivity contribution in [2.45, 2.75) is 37.0 Å². The number of amides is 1. The van der Waals surface area contributed by atoms with Gasteiger partial charge < -0.3 is 16.4 Å². The summed E-state index contributed by atoms with van der Waals surface area (Å²) in [7, 11) is -3.60. The number of anilines is 1. The van der Waals surface area contributed by atoms with Crippen LogP contribution in [0.4, 0.5) is 5.69 Å². The SMILES string of the molecule is NC(N)=NC(=O)c1ccc(N2CCCCC2)c(S(=O)(=O)CCCc2ccccc2)c1. The van der Waals surface area contributed by atoms with Crippen LogP contribution in [0.2, 0.25) is 0 Å². The van der Waals surface area contributed by atoms with Gasteiger partial charge in [0.25, 0.3) is 5.91 Å². The average molecular weight is 429 g/mol.